The van der Waals surface area contributed by atoms with Crippen molar-refractivity contribution < 1.29 is 9.53 Å². The molecule has 1 atom stereocenters. The van der Waals surface area contributed by atoms with Gasteiger partial charge in [-0.3, -0.25) is 9.78 Å². The van der Waals surface area contributed by atoms with Crippen LogP contribution in [0.4, 0.5) is 5.69 Å². The van der Waals surface area contributed by atoms with Crippen LogP contribution in [0.2, 0.25) is 0 Å². The maximum Gasteiger partial charge on any atom is 0.237 e. The van der Waals surface area contributed by atoms with Crippen LogP contribution in [0.25, 0.3) is 0 Å². The van der Waals surface area contributed by atoms with Crippen molar-refractivity contribution in [1.82, 2.24) is 10.3 Å². The minimum atomic E-state index is -0.481. The lowest BCUT2D eigenvalue weighted by molar-refractivity contribution is -0.124. The van der Waals surface area contributed by atoms with Gasteiger partial charge >= 0.3 is 0 Å². The van der Waals surface area contributed by atoms with Crippen LogP contribution in [0.1, 0.15) is 59.9 Å². The van der Waals surface area contributed by atoms with Crippen LogP contribution in [0.5, 0.6) is 5.75 Å². The molecule has 1 aromatic carbocycles. The fourth-order valence-corrected chi connectivity index (χ4v) is 3.67. The van der Waals surface area contributed by atoms with E-state index in [0.717, 1.165) is 30.0 Å². The molecule has 0 saturated carbocycles. The summed E-state index contributed by atoms with van der Waals surface area (Å²) in [5, 5.41) is 3.16. The predicted octanol–water partition coefficient (Wildman–Crippen LogP) is 4.78. The quantitative estimate of drug-likeness (QED) is 0.455. The van der Waals surface area contributed by atoms with Gasteiger partial charge < -0.3 is 20.7 Å². The van der Waals surface area contributed by atoms with Crippen LogP contribution >= 0.6 is 0 Å². The maximum atomic E-state index is 12.6. The van der Waals surface area contributed by atoms with Gasteiger partial charge in [-0.1, -0.05) is 27.7 Å². The molecule has 0 bridgehead atoms. The van der Waals surface area contributed by atoms with E-state index in [9.17, 15) is 4.79 Å². The highest BCUT2D eigenvalue weighted by atomic mass is 16.5. The molecule has 1 unspecified atom stereocenters. The van der Waals surface area contributed by atoms with Gasteiger partial charge in [0.25, 0.3) is 0 Å². The lowest BCUT2D eigenvalue weighted by Gasteiger charge is -2.36. The minimum Gasteiger partial charge on any atom is -0.489 e. The number of amides is 1. The second kappa shape index (κ2) is 12.6. The minimum absolute atomic E-state index is 0.0858. The molecule has 3 N–H and O–H groups in total. The predicted molar refractivity (Wildman–Crippen MR) is 136 cm³/mol. The second-order valence-corrected chi connectivity index (χ2v) is 10.4. The average molecular weight is 455 g/mol. The molecule has 0 saturated heterocycles. The van der Waals surface area contributed by atoms with Crippen molar-refractivity contribution in [2.45, 2.75) is 72.6 Å². The number of carbonyl (C=O) groups excluding carboxylic acids is 1. The Bertz CT molecular complexity index is 835. The Hall–Kier alpha value is -2.60. The van der Waals surface area contributed by atoms with E-state index in [2.05, 4.69) is 68.9 Å². The van der Waals surface area contributed by atoms with E-state index in [4.69, 9.17) is 10.5 Å². The highest BCUT2D eigenvalue weighted by Gasteiger charge is 2.27. The van der Waals surface area contributed by atoms with Crippen LogP contribution in [-0.4, -0.2) is 35.6 Å². The molecule has 0 radical (unpaired) electrons. The molecule has 1 heterocycles. The topological polar surface area (TPSA) is 80.5 Å². The Kier molecular flexibility index (Phi) is 10.2. The number of carbonyl (C=O) groups is 1. The van der Waals surface area contributed by atoms with Crippen LogP contribution in [0, 0.1) is 11.8 Å². The number of benzene rings is 1. The van der Waals surface area contributed by atoms with Gasteiger partial charge in [-0.15, -0.1) is 0 Å². The van der Waals surface area contributed by atoms with Gasteiger partial charge in [-0.05, 0) is 80.5 Å². The Morgan fingerprint density at radius 1 is 1.06 bits per heavy atom. The lowest BCUT2D eigenvalue weighted by atomic mass is 9.99. The number of nitrogens with two attached hydrogens (primary N) is 1. The molecule has 33 heavy (non-hydrogen) atoms. The lowest BCUT2D eigenvalue weighted by Crippen LogP contribution is -2.56. The second-order valence-electron chi connectivity index (χ2n) is 10.4. The van der Waals surface area contributed by atoms with Gasteiger partial charge in [0.2, 0.25) is 5.91 Å². The SMILES string of the molecule is CC(C)CCN(CC(C)(C)NC(=O)C(N)CC(C)C)c1ccc(OCc2ccncc2)cc1. The van der Waals surface area contributed by atoms with E-state index in [0.29, 0.717) is 31.4 Å². The summed E-state index contributed by atoms with van der Waals surface area (Å²) in [6.07, 6.45) is 5.28. The molecule has 1 aromatic heterocycles. The first-order chi connectivity index (χ1) is 15.6. The first kappa shape index (κ1) is 26.7. The van der Waals surface area contributed by atoms with Gasteiger partial charge in [0.15, 0.2) is 0 Å². The molecule has 2 aromatic rings. The summed E-state index contributed by atoms with van der Waals surface area (Å²) >= 11 is 0. The summed E-state index contributed by atoms with van der Waals surface area (Å²) in [5.41, 5.74) is 7.89. The van der Waals surface area contributed by atoms with Crippen LogP contribution in [0.3, 0.4) is 0 Å². The highest BCUT2D eigenvalue weighted by Crippen LogP contribution is 2.23. The van der Waals surface area contributed by atoms with Gasteiger partial charge in [-0.2, -0.15) is 0 Å². The van der Waals surface area contributed by atoms with Crippen molar-refractivity contribution in [3.05, 3.63) is 54.4 Å². The van der Waals surface area contributed by atoms with E-state index in [1.165, 1.54) is 0 Å². The Labute approximate surface area is 199 Å². The van der Waals surface area contributed by atoms with E-state index in [1.807, 2.05) is 24.3 Å². The Morgan fingerprint density at radius 2 is 1.70 bits per heavy atom. The molecule has 0 spiro atoms. The van der Waals surface area contributed by atoms with Crippen molar-refractivity contribution in [3.63, 3.8) is 0 Å². The van der Waals surface area contributed by atoms with Crippen LogP contribution in [-0.2, 0) is 11.4 Å². The zero-order valence-corrected chi connectivity index (χ0v) is 21.2. The molecule has 182 valence electrons. The van der Waals surface area contributed by atoms with E-state index in [-0.39, 0.29) is 5.91 Å². The fraction of sp³-hybridized carbons (Fsp3) is 0.556. The van der Waals surface area contributed by atoms with Gasteiger partial charge in [0, 0.05) is 31.2 Å². The number of nitrogens with one attached hydrogen (secondary N) is 1. The number of hydrogen-bond donors (Lipinski definition) is 2. The smallest absolute Gasteiger partial charge is 0.237 e. The standard InChI is InChI=1S/C27H42N4O2/c1-20(2)13-16-31(19-27(5,6)30-26(32)25(28)17-21(3)4)23-7-9-24(10-8-23)33-18-22-11-14-29-15-12-22/h7-12,14-15,20-21,25H,13,16-19,28H2,1-6H3,(H,30,32). The number of pyridine rings is 1. The van der Waals surface area contributed by atoms with Crippen molar-refractivity contribution in [1.29, 1.82) is 0 Å². The van der Waals surface area contributed by atoms with Crippen molar-refractivity contribution >= 4 is 11.6 Å². The highest BCUT2D eigenvalue weighted by molar-refractivity contribution is 5.82. The third kappa shape index (κ3) is 9.82. The third-order valence-electron chi connectivity index (χ3n) is 5.44. The van der Waals surface area contributed by atoms with Crippen molar-refractivity contribution in [3.8, 4) is 5.75 Å². The molecule has 1 amide bonds. The normalized spacial score (nSPS) is 12.6. The maximum absolute atomic E-state index is 12.6. The zero-order chi connectivity index (χ0) is 24.4. The largest absolute Gasteiger partial charge is 0.489 e. The van der Waals surface area contributed by atoms with Crippen LogP contribution < -0.4 is 20.7 Å². The molecular formula is C27H42N4O2. The first-order valence-electron chi connectivity index (χ1n) is 12.0. The molecule has 2 rings (SSSR count). The number of ether oxygens (including phenoxy) is 1. The summed E-state index contributed by atoms with van der Waals surface area (Å²) in [4.78, 5) is 19.0. The Morgan fingerprint density at radius 3 is 2.27 bits per heavy atom. The molecule has 0 aliphatic heterocycles. The first-order valence-corrected chi connectivity index (χ1v) is 12.0. The number of hydrogen-bond acceptors (Lipinski definition) is 5. The van der Waals surface area contributed by atoms with Crippen molar-refractivity contribution in [2.75, 3.05) is 18.0 Å². The molecule has 0 aliphatic rings. The van der Waals surface area contributed by atoms with Gasteiger partial charge in [0.05, 0.1) is 11.6 Å². The van der Waals surface area contributed by atoms with Gasteiger partial charge in [0.1, 0.15) is 12.4 Å². The summed E-state index contributed by atoms with van der Waals surface area (Å²) in [6.45, 7) is 14.8. The van der Waals surface area contributed by atoms with E-state index in [1.54, 1.807) is 12.4 Å². The number of rotatable bonds is 13. The zero-order valence-electron chi connectivity index (χ0n) is 21.2. The van der Waals surface area contributed by atoms with E-state index < -0.39 is 11.6 Å². The van der Waals surface area contributed by atoms with Crippen LogP contribution in [0.15, 0.2) is 48.8 Å². The molecule has 0 fully saturated rings. The summed E-state index contributed by atoms with van der Waals surface area (Å²) < 4.78 is 5.92. The average Bonchev–Trinajstić information content (AvgIpc) is 2.75. The van der Waals surface area contributed by atoms with Gasteiger partial charge in [-0.25, -0.2) is 0 Å². The number of anilines is 1. The number of nitrogens with zero attached hydrogens (tertiary/aromatic N) is 2. The molecule has 6 heteroatoms. The fourth-order valence-electron chi connectivity index (χ4n) is 3.67. The third-order valence-corrected chi connectivity index (χ3v) is 5.44. The molecule has 0 aliphatic carbocycles. The van der Waals surface area contributed by atoms with Crippen molar-refractivity contribution in [2.24, 2.45) is 17.6 Å². The molecular weight excluding hydrogens is 412 g/mol. The summed E-state index contributed by atoms with van der Waals surface area (Å²) in [7, 11) is 0. The summed E-state index contributed by atoms with van der Waals surface area (Å²) in [6, 6.07) is 11.6. The summed E-state index contributed by atoms with van der Waals surface area (Å²) in [5.74, 6) is 1.72. The number of aromatic nitrogens is 1. The van der Waals surface area contributed by atoms with E-state index >= 15 is 0 Å². The monoisotopic (exact) mass is 454 g/mol. The molecule has 6 nitrogen and oxygen atoms in total. The Balaban J connectivity index is 2.05.